The average Bonchev–Trinajstić information content (AvgIpc) is 2.22. The first-order chi connectivity index (χ1) is 7.26. The standard InChI is InChI=1S/C11H16N2OS.ClH/c1-15-8-9-2-4-10(5-3-9)13-11(14)6-7-12;/h2-5H,6-8,12H2,1H3,(H,13,14);1H. The molecule has 0 atom stereocenters. The second-order valence-electron chi connectivity index (χ2n) is 3.22. The first kappa shape index (κ1) is 15.3. The van der Waals surface area contributed by atoms with Crippen LogP contribution in [0.25, 0.3) is 0 Å². The van der Waals surface area contributed by atoms with Crippen LogP contribution in [-0.4, -0.2) is 18.7 Å². The molecule has 0 aromatic heterocycles. The topological polar surface area (TPSA) is 55.1 Å². The summed E-state index contributed by atoms with van der Waals surface area (Å²) in [6, 6.07) is 7.88. The van der Waals surface area contributed by atoms with Gasteiger partial charge < -0.3 is 11.1 Å². The molecule has 0 bridgehead atoms. The van der Waals surface area contributed by atoms with Gasteiger partial charge in [-0.1, -0.05) is 12.1 Å². The Labute approximate surface area is 107 Å². The summed E-state index contributed by atoms with van der Waals surface area (Å²) < 4.78 is 0. The molecule has 0 unspecified atom stereocenters. The predicted octanol–water partition coefficient (Wildman–Crippen LogP) is 2.26. The average molecular weight is 261 g/mol. The molecule has 0 aliphatic carbocycles. The van der Waals surface area contributed by atoms with Crippen molar-refractivity contribution in [3.05, 3.63) is 29.8 Å². The van der Waals surface area contributed by atoms with E-state index in [-0.39, 0.29) is 18.3 Å². The van der Waals surface area contributed by atoms with Gasteiger partial charge in [0.25, 0.3) is 0 Å². The minimum atomic E-state index is -0.0323. The van der Waals surface area contributed by atoms with Gasteiger partial charge in [0.15, 0.2) is 0 Å². The number of carbonyl (C=O) groups excluding carboxylic acids is 1. The number of hydrogen-bond donors (Lipinski definition) is 2. The lowest BCUT2D eigenvalue weighted by molar-refractivity contribution is -0.116. The van der Waals surface area contributed by atoms with Crippen molar-refractivity contribution in [2.45, 2.75) is 12.2 Å². The molecular weight excluding hydrogens is 244 g/mol. The van der Waals surface area contributed by atoms with Gasteiger partial charge in [-0.15, -0.1) is 12.4 Å². The van der Waals surface area contributed by atoms with Gasteiger partial charge >= 0.3 is 0 Å². The van der Waals surface area contributed by atoms with Gasteiger partial charge in [-0.3, -0.25) is 4.79 Å². The maximum absolute atomic E-state index is 11.2. The van der Waals surface area contributed by atoms with E-state index in [1.54, 1.807) is 11.8 Å². The fourth-order valence-electron chi connectivity index (χ4n) is 1.21. The summed E-state index contributed by atoms with van der Waals surface area (Å²) in [5.74, 6) is 0.965. The fraction of sp³-hybridized carbons (Fsp3) is 0.364. The van der Waals surface area contributed by atoms with E-state index in [1.165, 1.54) is 5.56 Å². The van der Waals surface area contributed by atoms with Crippen LogP contribution in [0.5, 0.6) is 0 Å². The molecule has 16 heavy (non-hydrogen) atoms. The Hall–Kier alpha value is -0.710. The molecule has 0 aliphatic heterocycles. The van der Waals surface area contributed by atoms with Gasteiger partial charge in [-0.25, -0.2) is 0 Å². The van der Waals surface area contributed by atoms with Gasteiger partial charge in [-0.05, 0) is 24.0 Å². The van der Waals surface area contributed by atoms with Gasteiger partial charge in [0.1, 0.15) is 0 Å². The Morgan fingerprint density at radius 2 is 2.00 bits per heavy atom. The van der Waals surface area contributed by atoms with E-state index in [0.717, 1.165) is 11.4 Å². The first-order valence-electron chi connectivity index (χ1n) is 4.84. The highest BCUT2D eigenvalue weighted by Gasteiger charge is 2.00. The molecule has 0 fully saturated rings. The lowest BCUT2D eigenvalue weighted by Gasteiger charge is -2.05. The van der Waals surface area contributed by atoms with E-state index < -0.39 is 0 Å². The number of anilines is 1. The van der Waals surface area contributed by atoms with Crippen molar-refractivity contribution < 1.29 is 4.79 Å². The van der Waals surface area contributed by atoms with Crippen molar-refractivity contribution in [1.82, 2.24) is 0 Å². The Balaban J connectivity index is 0.00000225. The van der Waals surface area contributed by atoms with Crippen molar-refractivity contribution >= 4 is 35.8 Å². The van der Waals surface area contributed by atoms with Gasteiger partial charge in [0.2, 0.25) is 5.91 Å². The Bertz CT molecular complexity index is 316. The largest absolute Gasteiger partial charge is 0.330 e. The zero-order chi connectivity index (χ0) is 11.1. The summed E-state index contributed by atoms with van der Waals surface area (Å²) in [6.07, 6.45) is 2.43. The number of nitrogens with one attached hydrogen (secondary N) is 1. The Morgan fingerprint density at radius 3 is 2.50 bits per heavy atom. The van der Waals surface area contributed by atoms with Crippen molar-refractivity contribution in [3.63, 3.8) is 0 Å². The molecule has 1 amide bonds. The highest BCUT2D eigenvalue weighted by Crippen LogP contribution is 2.13. The fourth-order valence-corrected chi connectivity index (χ4v) is 1.73. The molecule has 1 aromatic rings. The zero-order valence-electron chi connectivity index (χ0n) is 9.23. The third-order valence-electron chi connectivity index (χ3n) is 1.92. The van der Waals surface area contributed by atoms with Crippen molar-refractivity contribution in [2.75, 3.05) is 18.1 Å². The van der Waals surface area contributed by atoms with Crippen LogP contribution in [0.4, 0.5) is 5.69 Å². The van der Waals surface area contributed by atoms with Crippen LogP contribution in [0.15, 0.2) is 24.3 Å². The molecular formula is C11H17ClN2OS. The number of nitrogens with two attached hydrogens (primary N) is 1. The second kappa shape index (κ2) is 8.44. The third kappa shape index (κ3) is 5.39. The van der Waals surface area contributed by atoms with Crippen LogP contribution >= 0.6 is 24.2 Å². The van der Waals surface area contributed by atoms with E-state index in [9.17, 15) is 4.79 Å². The Morgan fingerprint density at radius 1 is 1.38 bits per heavy atom. The molecule has 3 N–H and O–H groups in total. The number of benzene rings is 1. The molecule has 3 nitrogen and oxygen atoms in total. The molecule has 0 spiro atoms. The predicted molar refractivity (Wildman–Crippen MR) is 73.2 cm³/mol. The summed E-state index contributed by atoms with van der Waals surface area (Å²) in [5, 5.41) is 2.79. The number of rotatable bonds is 5. The van der Waals surface area contributed by atoms with E-state index in [0.29, 0.717) is 13.0 Å². The zero-order valence-corrected chi connectivity index (χ0v) is 10.9. The van der Waals surface area contributed by atoms with Crippen LogP contribution < -0.4 is 11.1 Å². The monoisotopic (exact) mass is 260 g/mol. The van der Waals surface area contributed by atoms with Gasteiger partial charge in [-0.2, -0.15) is 11.8 Å². The molecule has 1 aromatic carbocycles. The third-order valence-corrected chi connectivity index (χ3v) is 2.54. The molecule has 0 heterocycles. The molecule has 5 heteroatoms. The van der Waals surface area contributed by atoms with Crippen molar-refractivity contribution in [2.24, 2.45) is 5.73 Å². The lowest BCUT2D eigenvalue weighted by Crippen LogP contribution is -2.16. The second-order valence-corrected chi connectivity index (χ2v) is 4.08. The summed E-state index contributed by atoms with van der Waals surface area (Å²) in [4.78, 5) is 11.2. The van der Waals surface area contributed by atoms with E-state index in [4.69, 9.17) is 5.73 Å². The van der Waals surface area contributed by atoms with Gasteiger partial charge in [0, 0.05) is 24.4 Å². The Kier molecular flexibility index (Phi) is 8.07. The van der Waals surface area contributed by atoms with Crippen molar-refractivity contribution in [1.29, 1.82) is 0 Å². The summed E-state index contributed by atoms with van der Waals surface area (Å²) in [6.45, 7) is 0.385. The van der Waals surface area contributed by atoms with Crippen LogP contribution in [-0.2, 0) is 10.5 Å². The smallest absolute Gasteiger partial charge is 0.225 e. The molecule has 0 radical (unpaired) electrons. The van der Waals surface area contributed by atoms with Crippen molar-refractivity contribution in [3.8, 4) is 0 Å². The minimum absolute atomic E-state index is 0. The molecule has 0 saturated carbocycles. The van der Waals surface area contributed by atoms with Crippen LogP contribution in [0.1, 0.15) is 12.0 Å². The number of carbonyl (C=O) groups is 1. The number of amides is 1. The normalized spacial score (nSPS) is 9.38. The lowest BCUT2D eigenvalue weighted by atomic mass is 10.2. The number of halogens is 1. The van der Waals surface area contributed by atoms with Crippen LogP contribution in [0.2, 0.25) is 0 Å². The van der Waals surface area contributed by atoms with Crippen LogP contribution in [0, 0.1) is 0 Å². The number of hydrogen-bond acceptors (Lipinski definition) is 3. The highest BCUT2D eigenvalue weighted by molar-refractivity contribution is 7.97. The van der Waals surface area contributed by atoms with E-state index in [1.807, 2.05) is 24.3 Å². The van der Waals surface area contributed by atoms with Gasteiger partial charge in [0.05, 0.1) is 0 Å². The van der Waals surface area contributed by atoms with Crippen LogP contribution in [0.3, 0.4) is 0 Å². The minimum Gasteiger partial charge on any atom is -0.330 e. The molecule has 0 saturated heterocycles. The highest BCUT2D eigenvalue weighted by atomic mass is 35.5. The summed E-state index contributed by atoms with van der Waals surface area (Å²) >= 11 is 1.78. The molecule has 0 aliphatic rings. The SMILES string of the molecule is CSCc1ccc(NC(=O)CCN)cc1.Cl. The maximum atomic E-state index is 11.2. The quantitative estimate of drug-likeness (QED) is 0.854. The molecule has 90 valence electrons. The number of thioether (sulfide) groups is 1. The summed E-state index contributed by atoms with van der Waals surface area (Å²) in [7, 11) is 0. The van der Waals surface area contributed by atoms with E-state index in [2.05, 4.69) is 11.6 Å². The first-order valence-corrected chi connectivity index (χ1v) is 6.23. The maximum Gasteiger partial charge on any atom is 0.225 e. The molecule has 1 rings (SSSR count). The van der Waals surface area contributed by atoms with E-state index >= 15 is 0 Å². The summed E-state index contributed by atoms with van der Waals surface area (Å²) in [5.41, 5.74) is 7.38.